The average Bonchev–Trinajstić information content (AvgIpc) is 2.37. The van der Waals surface area contributed by atoms with Gasteiger partial charge in [0.05, 0.1) is 16.3 Å². The number of aliphatic hydroxyl groups is 1. The van der Waals surface area contributed by atoms with Crippen LogP contribution in [0.4, 0.5) is 5.69 Å². The van der Waals surface area contributed by atoms with Crippen LogP contribution in [0, 0.1) is 17.3 Å². The van der Waals surface area contributed by atoms with Gasteiger partial charge in [0.25, 0.3) is 0 Å². The van der Waals surface area contributed by atoms with Crippen molar-refractivity contribution in [2.45, 2.75) is 50.5 Å². The first kappa shape index (κ1) is 14.5. The number of amides is 1. The fourth-order valence-electron chi connectivity index (χ4n) is 5.71. The lowest BCUT2D eigenvalue weighted by atomic mass is 9.47. The molecule has 1 aromatic rings. The molecule has 1 aromatic carbocycles. The first-order valence-electron chi connectivity index (χ1n) is 8.22. The molecule has 2 unspecified atom stereocenters. The topological polar surface area (TPSA) is 49.3 Å². The number of carbonyl (C=O) groups is 1. The summed E-state index contributed by atoms with van der Waals surface area (Å²) >= 11 is 6.11. The molecule has 5 rings (SSSR count). The van der Waals surface area contributed by atoms with Gasteiger partial charge in [0, 0.05) is 6.42 Å². The summed E-state index contributed by atoms with van der Waals surface area (Å²) in [7, 11) is 0. The van der Waals surface area contributed by atoms with Crippen molar-refractivity contribution in [2.75, 3.05) is 5.32 Å². The van der Waals surface area contributed by atoms with Gasteiger partial charge in [-0.15, -0.1) is 0 Å². The maximum atomic E-state index is 12.5. The van der Waals surface area contributed by atoms with Crippen LogP contribution < -0.4 is 5.32 Å². The van der Waals surface area contributed by atoms with Crippen LogP contribution >= 0.6 is 11.6 Å². The van der Waals surface area contributed by atoms with Gasteiger partial charge in [0.15, 0.2) is 0 Å². The lowest BCUT2D eigenvalue weighted by molar-refractivity contribution is -0.167. The van der Waals surface area contributed by atoms with Crippen molar-refractivity contribution >= 4 is 23.2 Å². The molecule has 4 saturated carbocycles. The smallest absolute Gasteiger partial charge is 0.224 e. The van der Waals surface area contributed by atoms with Gasteiger partial charge < -0.3 is 10.4 Å². The second-order valence-electron chi connectivity index (χ2n) is 7.89. The second-order valence-corrected chi connectivity index (χ2v) is 8.30. The van der Waals surface area contributed by atoms with E-state index in [2.05, 4.69) is 5.32 Å². The van der Waals surface area contributed by atoms with E-state index < -0.39 is 5.60 Å². The third-order valence-electron chi connectivity index (χ3n) is 5.83. The Balaban J connectivity index is 1.49. The molecule has 4 aliphatic carbocycles. The minimum absolute atomic E-state index is 0.00414. The third-order valence-corrected chi connectivity index (χ3v) is 6.16. The Bertz CT molecular complexity index is 601. The Morgan fingerprint density at radius 3 is 2.55 bits per heavy atom. The van der Waals surface area contributed by atoms with Crippen LogP contribution in [0.1, 0.15) is 44.9 Å². The molecule has 0 aliphatic heterocycles. The molecule has 4 aliphatic rings. The van der Waals surface area contributed by atoms with Crippen molar-refractivity contribution in [3.05, 3.63) is 29.3 Å². The molecule has 4 fully saturated rings. The summed E-state index contributed by atoms with van der Waals surface area (Å²) in [4.78, 5) is 12.5. The molecule has 22 heavy (non-hydrogen) atoms. The number of hydrogen-bond acceptors (Lipinski definition) is 2. The number of para-hydroxylation sites is 1. The molecule has 0 radical (unpaired) electrons. The summed E-state index contributed by atoms with van der Waals surface area (Å²) in [5.74, 6) is 1.25. The normalized spacial score (nSPS) is 39.0. The van der Waals surface area contributed by atoms with Gasteiger partial charge in [0.2, 0.25) is 5.91 Å². The highest BCUT2D eigenvalue weighted by Crippen LogP contribution is 2.62. The molecule has 4 bridgehead atoms. The molecule has 0 spiro atoms. The van der Waals surface area contributed by atoms with Crippen LogP contribution in [0.3, 0.4) is 0 Å². The first-order chi connectivity index (χ1) is 10.5. The monoisotopic (exact) mass is 319 g/mol. The van der Waals surface area contributed by atoms with Crippen LogP contribution in [0.2, 0.25) is 5.02 Å². The lowest BCUT2D eigenvalue weighted by Crippen LogP contribution is -2.56. The van der Waals surface area contributed by atoms with E-state index in [1.807, 2.05) is 18.2 Å². The predicted octanol–water partition coefficient (Wildman–Crippen LogP) is 4.00. The van der Waals surface area contributed by atoms with E-state index in [0.717, 1.165) is 32.1 Å². The summed E-state index contributed by atoms with van der Waals surface area (Å²) in [5.41, 5.74) is 0.177. The molecule has 4 atom stereocenters. The largest absolute Gasteiger partial charge is 0.390 e. The molecule has 0 heterocycles. The van der Waals surface area contributed by atoms with Gasteiger partial charge in [-0.05, 0) is 67.9 Å². The molecule has 0 aromatic heterocycles. The van der Waals surface area contributed by atoms with Crippen molar-refractivity contribution in [1.82, 2.24) is 0 Å². The van der Waals surface area contributed by atoms with Gasteiger partial charge in [-0.3, -0.25) is 4.79 Å². The van der Waals surface area contributed by atoms with E-state index in [1.54, 1.807) is 6.07 Å². The standard InChI is InChI=1S/C18H22ClNO2/c19-14-3-1-2-4-15(14)20-16(21)10-17-6-12-5-13(7-17)9-18(22,8-12)11-17/h1-4,12-13,22H,5-11H2,(H,20,21)/t12-,13+,17?,18?. The molecule has 1 amide bonds. The van der Waals surface area contributed by atoms with E-state index in [0.29, 0.717) is 29.0 Å². The highest BCUT2D eigenvalue weighted by molar-refractivity contribution is 6.33. The van der Waals surface area contributed by atoms with Gasteiger partial charge >= 0.3 is 0 Å². The summed E-state index contributed by atoms with van der Waals surface area (Å²) in [6.45, 7) is 0. The second kappa shape index (κ2) is 4.97. The minimum atomic E-state index is -0.505. The zero-order chi connectivity index (χ0) is 15.4. The molecule has 0 saturated heterocycles. The first-order valence-corrected chi connectivity index (χ1v) is 8.60. The highest BCUT2D eigenvalue weighted by atomic mass is 35.5. The van der Waals surface area contributed by atoms with E-state index in [1.165, 1.54) is 6.42 Å². The Morgan fingerprint density at radius 2 is 1.91 bits per heavy atom. The zero-order valence-electron chi connectivity index (χ0n) is 12.6. The van der Waals surface area contributed by atoms with E-state index in [9.17, 15) is 9.90 Å². The molecular formula is C18H22ClNO2. The SMILES string of the molecule is O=C(CC12C[C@@H]3C[C@@H](CC(O)(C3)C1)C2)Nc1ccccc1Cl. The number of benzene rings is 1. The average molecular weight is 320 g/mol. The van der Waals surface area contributed by atoms with Crippen molar-refractivity contribution in [1.29, 1.82) is 0 Å². The molecular weight excluding hydrogens is 298 g/mol. The maximum absolute atomic E-state index is 12.5. The highest BCUT2D eigenvalue weighted by Gasteiger charge is 2.57. The van der Waals surface area contributed by atoms with Gasteiger partial charge in [-0.1, -0.05) is 23.7 Å². The molecule has 3 nitrogen and oxygen atoms in total. The maximum Gasteiger partial charge on any atom is 0.224 e. The van der Waals surface area contributed by atoms with Crippen LogP contribution in [0.15, 0.2) is 24.3 Å². The van der Waals surface area contributed by atoms with E-state index in [-0.39, 0.29) is 11.3 Å². The van der Waals surface area contributed by atoms with Gasteiger partial charge in [-0.25, -0.2) is 0 Å². The fraction of sp³-hybridized carbons (Fsp3) is 0.611. The fourth-order valence-corrected chi connectivity index (χ4v) is 5.89. The van der Waals surface area contributed by atoms with E-state index >= 15 is 0 Å². The molecule has 4 heteroatoms. The Kier molecular flexibility index (Phi) is 3.28. The van der Waals surface area contributed by atoms with Crippen molar-refractivity contribution in [3.8, 4) is 0 Å². The van der Waals surface area contributed by atoms with Crippen molar-refractivity contribution < 1.29 is 9.90 Å². The number of rotatable bonds is 3. The minimum Gasteiger partial charge on any atom is -0.390 e. The molecule has 118 valence electrons. The summed E-state index contributed by atoms with van der Waals surface area (Å²) in [6, 6.07) is 7.33. The summed E-state index contributed by atoms with van der Waals surface area (Å²) in [5, 5.41) is 14.3. The number of carbonyl (C=O) groups excluding carboxylic acids is 1. The Morgan fingerprint density at radius 1 is 1.23 bits per heavy atom. The lowest BCUT2D eigenvalue weighted by Gasteiger charge is -2.60. The number of nitrogens with one attached hydrogen (secondary N) is 1. The Labute approximate surface area is 136 Å². The quantitative estimate of drug-likeness (QED) is 0.884. The molecule has 2 N–H and O–H groups in total. The van der Waals surface area contributed by atoms with Crippen molar-refractivity contribution in [2.24, 2.45) is 17.3 Å². The van der Waals surface area contributed by atoms with Gasteiger partial charge in [-0.2, -0.15) is 0 Å². The van der Waals surface area contributed by atoms with Crippen LogP contribution in [0.25, 0.3) is 0 Å². The number of anilines is 1. The van der Waals surface area contributed by atoms with Crippen LogP contribution in [-0.2, 0) is 4.79 Å². The Hall–Kier alpha value is -1.06. The zero-order valence-corrected chi connectivity index (χ0v) is 13.4. The van der Waals surface area contributed by atoms with Gasteiger partial charge in [0.1, 0.15) is 0 Å². The number of hydrogen-bond donors (Lipinski definition) is 2. The van der Waals surface area contributed by atoms with Crippen molar-refractivity contribution in [3.63, 3.8) is 0 Å². The van der Waals surface area contributed by atoms with Crippen LogP contribution in [-0.4, -0.2) is 16.6 Å². The van der Waals surface area contributed by atoms with E-state index in [4.69, 9.17) is 11.6 Å². The number of halogens is 1. The third kappa shape index (κ3) is 2.55. The van der Waals surface area contributed by atoms with Crippen LogP contribution in [0.5, 0.6) is 0 Å². The summed E-state index contributed by atoms with van der Waals surface area (Å²) < 4.78 is 0. The summed E-state index contributed by atoms with van der Waals surface area (Å²) in [6.07, 6.45) is 6.63. The predicted molar refractivity (Wildman–Crippen MR) is 86.8 cm³/mol.